The molecule has 0 saturated carbocycles. The van der Waals surface area contributed by atoms with Crippen molar-refractivity contribution in [2.24, 2.45) is 5.92 Å². The normalized spacial score (nSPS) is 21.9. The van der Waals surface area contributed by atoms with Gasteiger partial charge in [-0.15, -0.1) is 0 Å². The molecule has 1 fully saturated rings. The highest BCUT2D eigenvalue weighted by molar-refractivity contribution is 5.23. The van der Waals surface area contributed by atoms with Gasteiger partial charge in [-0.2, -0.15) is 0 Å². The molecule has 1 aliphatic heterocycles. The molecule has 2 nitrogen and oxygen atoms in total. The van der Waals surface area contributed by atoms with Crippen molar-refractivity contribution < 1.29 is 8.78 Å². The van der Waals surface area contributed by atoms with Crippen LogP contribution in [0.1, 0.15) is 37.8 Å². The quantitative estimate of drug-likeness (QED) is 0.891. The SMILES string of the molecule is CCC1CCCN(CC(NC)c2cccc(F)c2F)C1. The maximum atomic E-state index is 13.9. The van der Waals surface area contributed by atoms with Crippen LogP contribution in [0.2, 0.25) is 0 Å². The van der Waals surface area contributed by atoms with Crippen LogP contribution in [0.15, 0.2) is 18.2 Å². The third-order valence-electron chi connectivity index (χ3n) is 4.33. The zero-order valence-corrected chi connectivity index (χ0v) is 12.3. The Morgan fingerprint density at radius 2 is 2.20 bits per heavy atom. The zero-order valence-electron chi connectivity index (χ0n) is 12.3. The van der Waals surface area contributed by atoms with Crippen LogP contribution in [-0.4, -0.2) is 31.6 Å². The Balaban J connectivity index is 2.07. The first-order chi connectivity index (χ1) is 9.65. The third kappa shape index (κ3) is 3.55. The molecule has 2 atom stereocenters. The minimum absolute atomic E-state index is 0.165. The van der Waals surface area contributed by atoms with Crippen molar-refractivity contribution >= 4 is 0 Å². The maximum Gasteiger partial charge on any atom is 0.163 e. The summed E-state index contributed by atoms with van der Waals surface area (Å²) in [6, 6.07) is 4.24. The van der Waals surface area contributed by atoms with E-state index in [1.54, 1.807) is 19.2 Å². The smallest absolute Gasteiger partial charge is 0.163 e. The fourth-order valence-electron chi connectivity index (χ4n) is 3.04. The van der Waals surface area contributed by atoms with Crippen molar-refractivity contribution in [3.8, 4) is 0 Å². The lowest BCUT2D eigenvalue weighted by atomic mass is 9.94. The molecule has 1 aromatic carbocycles. The molecule has 0 spiro atoms. The molecule has 1 N–H and O–H groups in total. The summed E-state index contributed by atoms with van der Waals surface area (Å²) in [5, 5.41) is 3.12. The van der Waals surface area contributed by atoms with Gasteiger partial charge in [0.2, 0.25) is 0 Å². The number of nitrogens with zero attached hydrogens (tertiary/aromatic N) is 1. The van der Waals surface area contributed by atoms with Crippen molar-refractivity contribution in [1.82, 2.24) is 10.2 Å². The lowest BCUT2D eigenvalue weighted by Crippen LogP contribution is -2.40. The first-order valence-corrected chi connectivity index (χ1v) is 7.49. The van der Waals surface area contributed by atoms with Crippen LogP contribution in [0.5, 0.6) is 0 Å². The summed E-state index contributed by atoms with van der Waals surface area (Å²) in [5.41, 5.74) is 0.422. The molecule has 4 heteroatoms. The van der Waals surface area contributed by atoms with Crippen LogP contribution in [0, 0.1) is 17.6 Å². The van der Waals surface area contributed by atoms with Crippen LogP contribution < -0.4 is 5.32 Å². The molecular weight excluding hydrogens is 258 g/mol. The Hall–Kier alpha value is -1.00. The highest BCUT2D eigenvalue weighted by Crippen LogP contribution is 2.24. The number of nitrogens with one attached hydrogen (secondary N) is 1. The van der Waals surface area contributed by atoms with Gasteiger partial charge in [0.25, 0.3) is 0 Å². The number of likely N-dealkylation sites (tertiary alicyclic amines) is 1. The summed E-state index contributed by atoms with van der Waals surface area (Å²) >= 11 is 0. The van der Waals surface area contributed by atoms with Gasteiger partial charge in [-0.25, -0.2) is 8.78 Å². The van der Waals surface area contributed by atoms with Gasteiger partial charge in [0.1, 0.15) is 0 Å². The van der Waals surface area contributed by atoms with E-state index in [9.17, 15) is 8.78 Å². The van der Waals surface area contributed by atoms with Gasteiger partial charge in [0, 0.05) is 24.7 Å². The Morgan fingerprint density at radius 1 is 1.40 bits per heavy atom. The second-order valence-corrected chi connectivity index (χ2v) is 5.66. The molecule has 112 valence electrons. The van der Waals surface area contributed by atoms with Gasteiger partial charge < -0.3 is 10.2 Å². The van der Waals surface area contributed by atoms with E-state index in [4.69, 9.17) is 0 Å². The van der Waals surface area contributed by atoms with Gasteiger partial charge in [-0.3, -0.25) is 0 Å². The molecule has 0 amide bonds. The highest BCUT2D eigenvalue weighted by atomic mass is 19.2. The third-order valence-corrected chi connectivity index (χ3v) is 4.33. The molecule has 2 rings (SSSR count). The number of rotatable bonds is 5. The second kappa shape index (κ2) is 7.14. The van der Waals surface area contributed by atoms with E-state index in [1.807, 2.05) is 0 Å². The molecule has 1 aromatic rings. The molecule has 2 unspecified atom stereocenters. The highest BCUT2D eigenvalue weighted by Gasteiger charge is 2.23. The monoisotopic (exact) mass is 282 g/mol. The van der Waals surface area contributed by atoms with Gasteiger partial charge in [-0.05, 0) is 38.4 Å². The number of hydrogen-bond acceptors (Lipinski definition) is 2. The van der Waals surface area contributed by atoms with Crippen molar-refractivity contribution in [3.05, 3.63) is 35.4 Å². The number of likely N-dealkylation sites (N-methyl/N-ethyl adjacent to an activating group) is 1. The number of halogens is 2. The minimum Gasteiger partial charge on any atom is -0.312 e. The predicted molar refractivity (Wildman–Crippen MR) is 77.6 cm³/mol. The van der Waals surface area contributed by atoms with E-state index < -0.39 is 11.6 Å². The Labute approximate surface area is 120 Å². The number of benzene rings is 1. The van der Waals surface area contributed by atoms with E-state index in [-0.39, 0.29) is 6.04 Å². The standard InChI is InChI=1S/C16H24F2N2/c1-3-12-6-5-9-20(10-12)11-15(19-2)13-7-4-8-14(17)16(13)18/h4,7-8,12,15,19H,3,5-6,9-11H2,1-2H3. The van der Waals surface area contributed by atoms with Crippen molar-refractivity contribution in [3.63, 3.8) is 0 Å². The molecule has 0 radical (unpaired) electrons. The Kier molecular flexibility index (Phi) is 5.49. The molecule has 20 heavy (non-hydrogen) atoms. The topological polar surface area (TPSA) is 15.3 Å². The summed E-state index contributed by atoms with van der Waals surface area (Å²) in [7, 11) is 1.80. The van der Waals surface area contributed by atoms with Crippen LogP contribution >= 0.6 is 0 Å². The molecule has 1 saturated heterocycles. The van der Waals surface area contributed by atoms with Gasteiger partial charge in [0.05, 0.1) is 0 Å². The van der Waals surface area contributed by atoms with E-state index in [1.165, 1.54) is 25.3 Å². The van der Waals surface area contributed by atoms with Crippen molar-refractivity contribution in [2.75, 3.05) is 26.7 Å². The number of hydrogen-bond donors (Lipinski definition) is 1. The average Bonchev–Trinajstić information content (AvgIpc) is 2.48. The zero-order chi connectivity index (χ0) is 14.5. The molecule has 1 aliphatic rings. The molecular formula is C16H24F2N2. The van der Waals surface area contributed by atoms with Crippen LogP contribution in [0.25, 0.3) is 0 Å². The van der Waals surface area contributed by atoms with Crippen molar-refractivity contribution in [1.29, 1.82) is 0 Å². The molecule has 0 bridgehead atoms. The summed E-state index contributed by atoms with van der Waals surface area (Å²) in [5.74, 6) is -0.762. The summed E-state index contributed by atoms with van der Waals surface area (Å²) in [6.07, 6.45) is 3.67. The summed E-state index contributed by atoms with van der Waals surface area (Å²) in [6.45, 7) is 5.06. The second-order valence-electron chi connectivity index (χ2n) is 5.66. The Morgan fingerprint density at radius 3 is 2.90 bits per heavy atom. The van der Waals surface area contributed by atoms with Crippen LogP contribution in [0.3, 0.4) is 0 Å². The summed E-state index contributed by atoms with van der Waals surface area (Å²) < 4.78 is 27.3. The fraction of sp³-hybridized carbons (Fsp3) is 0.625. The molecule has 0 aromatic heterocycles. The van der Waals surface area contributed by atoms with Gasteiger partial charge >= 0.3 is 0 Å². The van der Waals surface area contributed by atoms with Crippen LogP contribution in [0.4, 0.5) is 8.78 Å². The maximum absolute atomic E-state index is 13.9. The van der Waals surface area contributed by atoms with Crippen LogP contribution in [-0.2, 0) is 0 Å². The Bertz CT molecular complexity index is 436. The first-order valence-electron chi connectivity index (χ1n) is 7.49. The fourth-order valence-corrected chi connectivity index (χ4v) is 3.04. The lowest BCUT2D eigenvalue weighted by molar-refractivity contribution is 0.157. The van der Waals surface area contributed by atoms with E-state index in [2.05, 4.69) is 17.1 Å². The average molecular weight is 282 g/mol. The minimum atomic E-state index is -0.771. The van der Waals surface area contributed by atoms with Gasteiger partial charge in [0.15, 0.2) is 11.6 Å². The summed E-state index contributed by atoms with van der Waals surface area (Å²) in [4.78, 5) is 2.36. The molecule has 0 aliphatic carbocycles. The lowest BCUT2D eigenvalue weighted by Gasteiger charge is -2.34. The van der Waals surface area contributed by atoms with E-state index >= 15 is 0 Å². The first kappa shape index (κ1) is 15.4. The molecule has 1 heterocycles. The van der Waals surface area contributed by atoms with E-state index in [0.29, 0.717) is 5.56 Å². The largest absolute Gasteiger partial charge is 0.312 e. The number of piperidine rings is 1. The van der Waals surface area contributed by atoms with Gasteiger partial charge in [-0.1, -0.05) is 25.5 Å². The van der Waals surface area contributed by atoms with Crippen molar-refractivity contribution in [2.45, 2.75) is 32.2 Å². The predicted octanol–water partition coefficient (Wildman–Crippen LogP) is 3.35. The van der Waals surface area contributed by atoms with E-state index in [0.717, 1.165) is 25.6 Å².